The van der Waals surface area contributed by atoms with Crippen molar-refractivity contribution in [2.75, 3.05) is 18.9 Å². The summed E-state index contributed by atoms with van der Waals surface area (Å²) in [7, 11) is 0. The van der Waals surface area contributed by atoms with Crippen LogP contribution in [0, 0.1) is 6.92 Å². The SMILES string of the molecule is Cc1ccccc1CSCCNC(=O)COc1cccc(C(F)(F)F)c1. The Morgan fingerprint density at radius 2 is 1.92 bits per heavy atom. The summed E-state index contributed by atoms with van der Waals surface area (Å²) < 4.78 is 43.0. The number of alkyl halides is 3. The van der Waals surface area contributed by atoms with Gasteiger partial charge in [-0.2, -0.15) is 24.9 Å². The van der Waals surface area contributed by atoms with E-state index in [0.29, 0.717) is 6.54 Å². The molecule has 2 aromatic carbocycles. The second-order valence-corrected chi connectivity index (χ2v) is 6.75. The summed E-state index contributed by atoms with van der Waals surface area (Å²) in [6, 6.07) is 12.6. The molecule has 0 aliphatic heterocycles. The highest BCUT2D eigenvalue weighted by Gasteiger charge is 2.30. The van der Waals surface area contributed by atoms with Gasteiger partial charge in [0.15, 0.2) is 6.61 Å². The van der Waals surface area contributed by atoms with E-state index in [9.17, 15) is 18.0 Å². The molecule has 0 saturated heterocycles. The van der Waals surface area contributed by atoms with Crippen molar-refractivity contribution in [3.63, 3.8) is 0 Å². The lowest BCUT2D eigenvalue weighted by Crippen LogP contribution is -2.30. The van der Waals surface area contributed by atoms with Gasteiger partial charge in [-0.15, -0.1) is 0 Å². The van der Waals surface area contributed by atoms with E-state index < -0.39 is 11.7 Å². The fraction of sp³-hybridized carbons (Fsp3) is 0.316. The van der Waals surface area contributed by atoms with E-state index >= 15 is 0 Å². The molecule has 2 aromatic rings. The van der Waals surface area contributed by atoms with Crippen LogP contribution in [0.5, 0.6) is 5.75 Å². The van der Waals surface area contributed by atoms with Gasteiger partial charge in [0.1, 0.15) is 5.75 Å². The molecule has 0 aromatic heterocycles. The Kier molecular flexibility index (Phi) is 7.38. The fourth-order valence-electron chi connectivity index (χ4n) is 2.18. The summed E-state index contributed by atoms with van der Waals surface area (Å²) in [5.41, 5.74) is 1.69. The Morgan fingerprint density at radius 3 is 2.65 bits per heavy atom. The third-order valence-corrected chi connectivity index (χ3v) is 4.63. The summed E-state index contributed by atoms with van der Waals surface area (Å²) in [4.78, 5) is 11.7. The normalized spacial score (nSPS) is 11.2. The summed E-state index contributed by atoms with van der Waals surface area (Å²) in [6.07, 6.45) is -4.43. The second-order valence-electron chi connectivity index (χ2n) is 5.64. The van der Waals surface area contributed by atoms with E-state index in [0.717, 1.165) is 23.6 Å². The zero-order chi connectivity index (χ0) is 19.0. The number of aryl methyl sites for hydroxylation is 1. The third-order valence-electron chi connectivity index (χ3n) is 3.62. The number of halogens is 3. The number of benzene rings is 2. The van der Waals surface area contributed by atoms with Crippen LogP contribution in [-0.4, -0.2) is 24.8 Å². The zero-order valence-corrected chi connectivity index (χ0v) is 15.1. The van der Waals surface area contributed by atoms with Gasteiger partial charge in [-0.05, 0) is 36.2 Å². The van der Waals surface area contributed by atoms with Crippen molar-refractivity contribution < 1.29 is 22.7 Å². The Bertz CT molecular complexity index is 735. The molecule has 26 heavy (non-hydrogen) atoms. The van der Waals surface area contributed by atoms with Crippen LogP contribution in [0.15, 0.2) is 48.5 Å². The van der Waals surface area contributed by atoms with E-state index in [4.69, 9.17) is 4.74 Å². The maximum atomic E-state index is 12.6. The maximum absolute atomic E-state index is 12.6. The third kappa shape index (κ3) is 6.63. The van der Waals surface area contributed by atoms with Gasteiger partial charge < -0.3 is 10.1 Å². The summed E-state index contributed by atoms with van der Waals surface area (Å²) >= 11 is 1.70. The molecular formula is C19H20F3NO2S. The van der Waals surface area contributed by atoms with Gasteiger partial charge in [0.05, 0.1) is 5.56 Å². The van der Waals surface area contributed by atoms with E-state index in [1.54, 1.807) is 11.8 Å². The molecular weight excluding hydrogens is 363 g/mol. The molecule has 0 saturated carbocycles. The lowest BCUT2D eigenvalue weighted by atomic mass is 10.1. The predicted octanol–water partition coefficient (Wildman–Crippen LogP) is 4.44. The first kappa shape index (κ1) is 20.2. The average Bonchev–Trinajstić information content (AvgIpc) is 2.61. The molecule has 0 heterocycles. The number of ether oxygens (including phenoxy) is 1. The zero-order valence-electron chi connectivity index (χ0n) is 14.3. The fourth-order valence-corrected chi connectivity index (χ4v) is 3.11. The van der Waals surface area contributed by atoms with Gasteiger partial charge in [0.2, 0.25) is 0 Å². The van der Waals surface area contributed by atoms with Crippen LogP contribution in [0.4, 0.5) is 13.2 Å². The molecule has 140 valence electrons. The van der Waals surface area contributed by atoms with Crippen LogP contribution >= 0.6 is 11.8 Å². The van der Waals surface area contributed by atoms with Crippen molar-refractivity contribution in [1.82, 2.24) is 5.32 Å². The number of thioether (sulfide) groups is 1. The van der Waals surface area contributed by atoms with E-state index in [2.05, 4.69) is 24.4 Å². The highest BCUT2D eigenvalue weighted by molar-refractivity contribution is 7.98. The van der Waals surface area contributed by atoms with Crippen molar-refractivity contribution in [2.45, 2.75) is 18.9 Å². The van der Waals surface area contributed by atoms with Crippen molar-refractivity contribution in [3.8, 4) is 5.75 Å². The Balaban J connectivity index is 1.66. The molecule has 0 fully saturated rings. The molecule has 0 spiro atoms. The van der Waals surface area contributed by atoms with Crippen LogP contribution in [0.3, 0.4) is 0 Å². The molecule has 0 aliphatic rings. The molecule has 2 rings (SSSR count). The van der Waals surface area contributed by atoms with Crippen molar-refractivity contribution in [1.29, 1.82) is 0 Å². The Labute approximate surface area is 154 Å². The van der Waals surface area contributed by atoms with Crippen molar-refractivity contribution in [3.05, 3.63) is 65.2 Å². The number of carbonyl (C=O) groups is 1. The lowest BCUT2D eigenvalue weighted by molar-refractivity contribution is -0.137. The highest BCUT2D eigenvalue weighted by atomic mass is 32.2. The minimum Gasteiger partial charge on any atom is -0.484 e. The van der Waals surface area contributed by atoms with Gasteiger partial charge in [-0.25, -0.2) is 0 Å². The maximum Gasteiger partial charge on any atom is 0.416 e. The average molecular weight is 383 g/mol. The number of hydrogen-bond donors (Lipinski definition) is 1. The minimum atomic E-state index is -4.43. The molecule has 3 nitrogen and oxygen atoms in total. The largest absolute Gasteiger partial charge is 0.484 e. The van der Waals surface area contributed by atoms with Crippen LogP contribution < -0.4 is 10.1 Å². The predicted molar refractivity (Wildman–Crippen MR) is 97.3 cm³/mol. The number of carbonyl (C=O) groups excluding carboxylic acids is 1. The monoisotopic (exact) mass is 383 g/mol. The van der Waals surface area contributed by atoms with Gasteiger partial charge in [-0.1, -0.05) is 30.3 Å². The topological polar surface area (TPSA) is 38.3 Å². The first-order valence-corrected chi connectivity index (χ1v) is 9.21. The first-order valence-electron chi connectivity index (χ1n) is 8.05. The molecule has 1 amide bonds. The van der Waals surface area contributed by atoms with Gasteiger partial charge in [0.25, 0.3) is 5.91 Å². The smallest absolute Gasteiger partial charge is 0.416 e. The van der Waals surface area contributed by atoms with Crippen LogP contribution in [0.2, 0.25) is 0 Å². The minimum absolute atomic E-state index is 0.0175. The van der Waals surface area contributed by atoms with Crippen LogP contribution in [-0.2, 0) is 16.7 Å². The molecule has 0 unspecified atom stereocenters. The number of nitrogens with one attached hydrogen (secondary N) is 1. The van der Waals surface area contributed by atoms with Crippen LogP contribution in [0.1, 0.15) is 16.7 Å². The number of amides is 1. The Morgan fingerprint density at radius 1 is 1.15 bits per heavy atom. The van der Waals surface area contributed by atoms with E-state index in [-0.39, 0.29) is 18.3 Å². The standard InChI is InChI=1S/C19H20F3NO2S/c1-14-5-2-3-6-15(14)13-26-10-9-23-18(24)12-25-17-8-4-7-16(11-17)19(20,21)22/h2-8,11H,9-10,12-13H2,1H3,(H,23,24). The molecule has 0 radical (unpaired) electrons. The van der Waals surface area contributed by atoms with Crippen molar-refractivity contribution >= 4 is 17.7 Å². The molecule has 1 N–H and O–H groups in total. The van der Waals surface area contributed by atoms with Crippen molar-refractivity contribution in [2.24, 2.45) is 0 Å². The number of hydrogen-bond acceptors (Lipinski definition) is 3. The van der Waals surface area contributed by atoms with Gasteiger partial charge in [0, 0.05) is 18.1 Å². The Hall–Kier alpha value is -2.15. The van der Waals surface area contributed by atoms with Gasteiger partial charge >= 0.3 is 6.18 Å². The van der Waals surface area contributed by atoms with E-state index in [1.165, 1.54) is 23.3 Å². The molecule has 0 bridgehead atoms. The lowest BCUT2D eigenvalue weighted by Gasteiger charge is -2.10. The molecule has 7 heteroatoms. The highest BCUT2D eigenvalue weighted by Crippen LogP contribution is 2.31. The summed E-state index contributed by atoms with van der Waals surface area (Å²) in [6.45, 7) is 2.22. The summed E-state index contributed by atoms with van der Waals surface area (Å²) in [5, 5.41) is 2.69. The molecule has 0 aliphatic carbocycles. The van der Waals surface area contributed by atoms with E-state index in [1.807, 2.05) is 12.1 Å². The quantitative estimate of drug-likeness (QED) is 0.685. The second kappa shape index (κ2) is 9.52. The van der Waals surface area contributed by atoms with Crippen LogP contribution in [0.25, 0.3) is 0 Å². The summed E-state index contributed by atoms with van der Waals surface area (Å²) in [5.74, 6) is 1.26. The van der Waals surface area contributed by atoms with Gasteiger partial charge in [-0.3, -0.25) is 4.79 Å². The number of rotatable bonds is 8. The first-order chi connectivity index (χ1) is 12.4. The molecule has 0 atom stereocenters.